The maximum absolute atomic E-state index is 5.46. The third-order valence-corrected chi connectivity index (χ3v) is 6.14. The van der Waals surface area contributed by atoms with Gasteiger partial charge in [-0.05, 0) is 65.9 Å². The monoisotopic (exact) mass is 397 g/mol. The second-order valence-electron chi connectivity index (χ2n) is 8.11. The number of fused-ring (bicyclic) bond motifs is 1. The minimum absolute atomic E-state index is 0.812. The topological polar surface area (TPSA) is 29.8 Å². The second-order valence-corrected chi connectivity index (χ2v) is 8.11. The van der Waals surface area contributed by atoms with E-state index in [0.29, 0.717) is 0 Å². The fraction of sp³-hybridized carbons (Fsp3) is 0.269. The molecule has 3 heterocycles. The smallest absolute Gasteiger partial charge is 0.140 e. The van der Waals surface area contributed by atoms with E-state index in [-0.39, 0.29) is 0 Å². The Balaban J connectivity index is 1.43. The maximum atomic E-state index is 5.46. The molecule has 0 unspecified atom stereocenters. The zero-order valence-corrected chi connectivity index (χ0v) is 17.6. The molecule has 4 aromatic rings. The van der Waals surface area contributed by atoms with Crippen molar-refractivity contribution in [3.8, 4) is 11.3 Å². The number of morpholine rings is 1. The van der Waals surface area contributed by atoms with Crippen molar-refractivity contribution in [3.63, 3.8) is 0 Å². The standard InChI is InChI=1S/C26H27N3O/c1-19-3-6-22(17-20(19)2)25-10-7-23(26-27-11-12-29(25)26)18-21-4-8-24(9-5-21)28-13-15-30-16-14-28/h3-12,17H,13-16,18H2,1-2H3. The molecule has 0 saturated carbocycles. The van der Waals surface area contributed by atoms with Crippen LogP contribution in [0.5, 0.6) is 0 Å². The number of rotatable bonds is 4. The van der Waals surface area contributed by atoms with Crippen molar-refractivity contribution in [1.29, 1.82) is 0 Å². The molecule has 0 amide bonds. The summed E-state index contributed by atoms with van der Waals surface area (Å²) in [4.78, 5) is 7.06. The quantitative estimate of drug-likeness (QED) is 0.483. The van der Waals surface area contributed by atoms with Gasteiger partial charge in [0.25, 0.3) is 0 Å². The van der Waals surface area contributed by atoms with Crippen LogP contribution in [0.1, 0.15) is 22.3 Å². The first-order valence-electron chi connectivity index (χ1n) is 10.6. The highest BCUT2D eigenvalue weighted by molar-refractivity contribution is 5.67. The number of pyridine rings is 1. The van der Waals surface area contributed by atoms with E-state index in [0.717, 1.165) is 38.4 Å². The minimum Gasteiger partial charge on any atom is -0.378 e. The second kappa shape index (κ2) is 7.96. The summed E-state index contributed by atoms with van der Waals surface area (Å²) in [5.41, 5.74) is 9.88. The molecule has 1 aliphatic rings. The van der Waals surface area contributed by atoms with E-state index in [1.54, 1.807) is 0 Å². The van der Waals surface area contributed by atoms with Crippen molar-refractivity contribution in [1.82, 2.24) is 9.38 Å². The number of hydrogen-bond donors (Lipinski definition) is 0. The van der Waals surface area contributed by atoms with E-state index in [1.807, 2.05) is 6.20 Å². The Bertz CT molecular complexity index is 1170. The summed E-state index contributed by atoms with van der Waals surface area (Å²) < 4.78 is 7.67. The Hall–Kier alpha value is -3.11. The van der Waals surface area contributed by atoms with Gasteiger partial charge < -0.3 is 9.64 Å². The van der Waals surface area contributed by atoms with Crippen LogP contribution >= 0.6 is 0 Å². The molecule has 1 fully saturated rings. The number of imidazole rings is 1. The molecule has 5 rings (SSSR count). The van der Waals surface area contributed by atoms with Crippen LogP contribution in [0, 0.1) is 13.8 Å². The predicted octanol–water partition coefficient (Wildman–Crippen LogP) is 5.05. The van der Waals surface area contributed by atoms with Gasteiger partial charge in [0.1, 0.15) is 5.65 Å². The average Bonchev–Trinajstić information content (AvgIpc) is 3.28. The highest BCUT2D eigenvalue weighted by Crippen LogP contribution is 2.26. The molecule has 4 heteroatoms. The fourth-order valence-electron chi connectivity index (χ4n) is 4.21. The number of hydrogen-bond acceptors (Lipinski definition) is 3. The highest BCUT2D eigenvalue weighted by atomic mass is 16.5. The van der Waals surface area contributed by atoms with Gasteiger partial charge in [-0.1, -0.05) is 30.3 Å². The van der Waals surface area contributed by atoms with Crippen LogP contribution in [-0.2, 0) is 11.2 Å². The lowest BCUT2D eigenvalue weighted by molar-refractivity contribution is 0.122. The fourth-order valence-corrected chi connectivity index (χ4v) is 4.21. The molecule has 0 bridgehead atoms. The van der Waals surface area contributed by atoms with Crippen molar-refractivity contribution < 1.29 is 4.74 Å². The largest absolute Gasteiger partial charge is 0.378 e. The van der Waals surface area contributed by atoms with E-state index in [4.69, 9.17) is 4.74 Å². The van der Waals surface area contributed by atoms with Gasteiger partial charge in [0, 0.05) is 37.6 Å². The van der Waals surface area contributed by atoms with E-state index in [2.05, 4.69) is 88.9 Å². The number of aromatic nitrogens is 2. The molecule has 0 N–H and O–H groups in total. The third kappa shape index (κ3) is 3.59. The number of aryl methyl sites for hydroxylation is 2. The Kier molecular flexibility index (Phi) is 5.01. The first kappa shape index (κ1) is 18.9. The minimum atomic E-state index is 0.812. The third-order valence-electron chi connectivity index (χ3n) is 6.14. The molecular formula is C26H27N3O. The summed E-state index contributed by atoms with van der Waals surface area (Å²) in [6.07, 6.45) is 4.83. The Labute approximate surface area is 177 Å². The summed E-state index contributed by atoms with van der Waals surface area (Å²) in [5, 5.41) is 0. The summed E-state index contributed by atoms with van der Waals surface area (Å²) in [7, 11) is 0. The summed E-state index contributed by atoms with van der Waals surface area (Å²) in [6.45, 7) is 7.87. The molecule has 0 radical (unpaired) electrons. The van der Waals surface area contributed by atoms with Crippen LogP contribution in [0.3, 0.4) is 0 Å². The van der Waals surface area contributed by atoms with E-state index in [9.17, 15) is 0 Å². The summed E-state index contributed by atoms with van der Waals surface area (Å²) in [5.74, 6) is 0. The summed E-state index contributed by atoms with van der Waals surface area (Å²) in [6, 6.07) is 20.0. The average molecular weight is 398 g/mol. The maximum Gasteiger partial charge on any atom is 0.140 e. The number of benzene rings is 2. The molecule has 30 heavy (non-hydrogen) atoms. The lowest BCUT2D eigenvalue weighted by atomic mass is 10.0. The molecule has 0 atom stereocenters. The van der Waals surface area contributed by atoms with Gasteiger partial charge in [0.05, 0.1) is 18.9 Å². The van der Waals surface area contributed by atoms with Crippen LogP contribution in [0.2, 0.25) is 0 Å². The SMILES string of the molecule is Cc1ccc(-c2ccc(Cc3ccc(N4CCOCC4)cc3)c3nccn23)cc1C. The van der Waals surface area contributed by atoms with Crippen LogP contribution in [-0.4, -0.2) is 35.7 Å². The lowest BCUT2D eigenvalue weighted by Gasteiger charge is -2.28. The van der Waals surface area contributed by atoms with Crippen molar-refractivity contribution in [2.75, 3.05) is 31.2 Å². The molecule has 2 aromatic carbocycles. The van der Waals surface area contributed by atoms with E-state index in [1.165, 1.54) is 39.2 Å². The first-order chi connectivity index (χ1) is 14.7. The Morgan fingerprint density at radius 3 is 2.47 bits per heavy atom. The molecule has 152 valence electrons. The van der Waals surface area contributed by atoms with Gasteiger partial charge in [-0.2, -0.15) is 0 Å². The molecular weight excluding hydrogens is 370 g/mol. The number of nitrogens with zero attached hydrogens (tertiary/aromatic N) is 3. The van der Waals surface area contributed by atoms with Crippen LogP contribution in [0.15, 0.2) is 67.0 Å². The van der Waals surface area contributed by atoms with Gasteiger partial charge in [0.2, 0.25) is 0 Å². The van der Waals surface area contributed by atoms with Crippen LogP contribution < -0.4 is 4.90 Å². The van der Waals surface area contributed by atoms with Crippen molar-refractivity contribution in [2.24, 2.45) is 0 Å². The Morgan fingerprint density at radius 1 is 0.900 bits per heavy atom. The Morgan fingerprint density at radius 2 is 1.70 bits per heavy atom. The normalized spacial score (nSPS) is 14.4. The van der Waals surface area contributed by atoms with Gasteiger partial charge in [-0.15, -0.1) is 0 Å². The number of anilines is 1. The predicted molar refractivity (Wildman–Crippen MR) is 122 cm³/mol. The zero-order valence-electron chi connectivity index (χ0n) is 17.6. The van der Waals surface area contributed by atoms with Crippen molar-refractivity contribution in [2.45, 2.75) is 20.3 Å². The van der Waals surface area contributed by atoms with Crippen LogP contribution in [0.25, 0.3) is 16.9 Å². The highest BCUT2D eigenvalue weighted by Gasteiger charge is 2.12. The van der Waals surface area contributed by atoms with E-state index < -0.39 is 0 Å². The van der Waals surface area contributed by atoms with Gasteiger partial charge in [-0.3, -0.25) is 4.40 Å². The van der Waals surface area contributed by atoms with Gasteiger partial charge in [-0.25, -0.2) is 4.98 Å². The summed E-state index contributed by atoms with van der Waals surface area (Å²) >= 11 is 0. The van der Waals surface area contributed by atoms with Crippen LogP contribution in [0.4, 0.5) is 5.69 Å². The van der Waals surface area contributed by atoms with Gasteiger partial charge in [0.15, 0.2) is 0 Å². The molecule has 0 aliphatic carbocycles. The molecule has 4 nitrogen and oxygen atoms in total. The molecule has 1 aliphatic heterocycles. The van der Waals surface area contributed by atoms with Crippen molar-refractivity contribution in [3.05, 3.63) is 89.2 Å². The molecule has 1 saturated heterocycles. The first-order valence-corrected chi connectivity index (χ1v) is 10.6. The van der Waals surface area contributed by atoms with Gasteiger partial charge >= 0.3 is 0 Å². The number of ether oxygens (including phenoxy) is 1. The lowest BCUT2D eigenvalue weighted by Crippen LogP contribution is -2.36. The van der Waals surface area contributed by atoms with E-state index >= 15 is 0 Å². The molecule has 0 spiro atoms. The molecule has 2 aromatic heterocycles. The zero-order chi connectivity index (χ0) is 20.5. The van der Waals surface area contributed by atoms with Crippen molar-refractivity contribution >= 4 is 11.3 Å².